The van der Waals surface area contributed by atoms with Gasteiger partial charge in [0.25, 0.3) is 0 Å². The zero-order valence-electron chi connectivity index (χ0n) is 11.6. The minimum Gasteiger partial charge on any atom is -0.478 e. The summed E-state index contributed by atoms with van der Waals surface area (Å²) in [5.41, 5.74) is 6.30. The normalized spacial score (nSPS) is 10.2. The van der Waals surface area contributed by atoms with E-state index >= 15 is 0 Å². The molecule has 0 bridgehead atoms. The monoisotopic (exact) mass is 266 g/mol. The van der Waals surface area contributed by atoms with Crippen LogP contribution in [0.25, 0.3) is 0 Å². The van der Waals surface area contributed by atoms with Crippen LogP contribution >= 0.6 is 0 Å². The Bertz CT molecular complexity index is 408. The first-order valence-corrected chi connectivity index (χ1v) is 6.74. The van der Waals surface area contributed by atoms with Crippen molar-refractivity contribution in [3.63, 3.8) is 0 Å². The first kappa shape index (κ1) is 15.3. The Labute approximate surface area is 114 Å². The molecule has 1 aromatic heterocycles. The Kier molecular flexibility index (Phi) is 6.71. The highest BCUT2D eigenvalue weighted by molar-refractivity contribution is 5.95. The van der Waals surface area contributed by atoms with E-state index in [9.17, 15) is 4.79 Å². The predicted molar refractivity (Wildman–Crippen MR) is 74.2 cm³/mol. The van der Waals surface area contributed by atoms with Gasteiger partial charge in [0.05, 0.1) is 30.7 Å². The van der Waals surface area contributed by atoms with Crippen LogP contribution in [0.15, 0.2) is 12.3 Å². The number of pyridine rings is 1. The number of esters is 1. The SMILES string of the molecule is CCCCCCOc1cc(C(=O)OCC)c(N)cn1. The minimum absolute atomic E-state index is 0.303. The largest absolute Gasteiger partial charge is 0.478 e. The summed E-state index contributed by atoms with van der Waals surface area (Å²) in [6.07, 6.45) is 5.93. The van der Waals surface area contributed by atoms with Crippen molar-refractivity contribution in [2.45, 2.75) is 39.5 Å². The van der Waals surface area contributed by atoms with Crippen molar-refractivity contribution in [1.82, 2.24) is 4.98 Å². The van der Waals surface area contributed by atoms with Crippen LogP contribution in [0, 0.1) is 0 Å². The summed E-state index contributed by atoms with van der Waals surface area (Å²) < 4.78 is 10.4. The zero-order chi connectivity index (χ0) is 14.1. The van der Waals surface area contributed by atoms with Crippen molar-refractivity contribution in [1.29, 1.82) is 0 Å². The Balaban J connectivity index is 2.55. The number of nitrogen functional groups attached to an aromatic ring is 1. The van der Waals surface area contributed by atoms with Crippen molar-refractivity contribution < 1.29 is 14.3 Å². The summed E-state index contributed by atoms with van der Waals surface area (Å²) in [4.78, 5) is 15.7. The molecular formula is C14H22N2O3. The van der Waals surface area contributed by atoms with Crippen LogP contribution in [0.2, 0.25) is 0 Å². The van der Waals surface area contributed by atoms with Crippen LogP contribution in [0.4, 0.5) is 5.69 Å². The second-order valence-corrected chi connectivity index (χ2v) is 4.24. The molecule has 0 aliphatic carbocycles. The van der Waals surface area contributed by atoms with Gasteiger partial charge in [0.15, 0.2) is 0 Å². The molecule has 0 amide bonds. The van der Waals surface area contributed by atoms with Gasteiger partial charge in [-0.1, -0.05) is 26.2 Å². The molecule has 1 aromatic rings. The number of rotatable bonds is 8. The van der Waals surface area contributed by atoms with E-state index in [0.717, 1.165) is 12.8 Å². The van der Waals surface area contributed by atoms with E-state index < -0.39 is 5.97 Å². The van der Waals surface area contributed by atoms with Gasteiger partial charge in [0.1, 0.15) is 0 Å². The molecular weight excluding hydrogens is 244 g/mol. The second kappa shape index (κ2) is 8.34. The molecule has 0 saturated carbocycles. The van der Waals surface area contributed by atoms with E-state index in [1.54, 1.807) is 6.92 Å². The van der Waals surface area contributed by atoms with E-state index in [1.807, 2.05) is 0 Å². The van der Waals surface area contributed by atoms with Crippen LogP contribution < -0.4 is 10.5 Å². The van der Waals surface area contributed by atoms with Gasteiger partial charge in [0, 0.05) is 6.07 Å². The van der Waals surface area contributed by atoms with Gasteiger partial charge in [-0.25, -0.2) is 9.78 Å². The van der Waals surface area contributed by atoms with E-state index in [2.05, 4.69) is 11.9 Å². The lowest BCUT2D eigenvalue weighted by Crippen LogP contribution is -2.09. The summed E-state index contributed by atoms with van der Waals surface area (Å²) in [6.45, 7) is 4.82. The maximum atomic E-state index is 11.6. The average Bonchev–Trinajstić information content (AvgIpc) is 2.40. The molecule has 5 heteroatoms. The van der Waals surface area contributed by atoms with E-state index in [0.29, 0.717) is 30.3 Å². The van der Waals surface area contributed by atoms with Crippen LogP contribution in [-0.2, 0) is 4.74 Å². The number of nitrogens with zero attached hydrogens (tertiary/aromatic N) is 1. The van der Waals surface area contributed by atoms with Crippen LogP contribution in [0.3, 0.4) is 0 Å². The highest BCUT2D eigenvalue weighted by Crippen LogP contribution is 2.18. The fourth-order valence-electron chi connectivity index (χ4n) is 1.62. The minimum atomic E-state index is -0.446. The van der Waals surface area contributed by atoms with Gasteiger partial charge in [-0.15, -0.1) is 0 Å². The molecule has 1 rings (SSSR count). The molecule has 0 radical (unpaired) electrons. The number of nitrogens with two attached hydrogens (primary N) is 1. The summed E-state index contributed by atoms with van der Waals surface area (Å²) >= 11 is 0. The number of carbonyl (C=O) groups excluding carboxylic acids is 1. The van der Waals surface area contributed by atoms with Crippen molar-refractivity contribution >= 4 is 11.7 Å². The molecule has 0 spiro atoms. The molecule has 106 valence electrons. The molecule has 0 aliphatic rings. The van der Waals surface area contributed by atoms with Crippen LogP contribution in [0.1, 0.15) is 49.9 Å². The number of aromatic nitrogens is 1. The van der Waals surface area contributed by atoms with Crippen molar-refractivity contribution in [2.24, 2.45) is 0 Å². The first-order chi connectivity index (χ1) is 9.19. The Morgan fingerprint density at radius 2 is 2.11 bits per heavy atom. The van der Waals surface area contributed by atoms with Gasteiger partial charge >= 0.3 is 5.97 Å². The number of ether oxygens (including phenoxy) is 2. The van der Waals surface area contributed by atoms with Gasteiger partial charge in [0.2, 0.25) is 5.88 Å². The number of anilines is 1. The number of unbranched alkanes of at least 4 members (excludes halogenated alkanes) is 3. The van der Waals surface area contributed by atoms with Crippen LogP contribution in [0.5, 0.6) is 5.88 Å². The van der Waals surface area contributed by atoms with Crippen molar-refractivity contribution in [2.75, 3.05) is 18.9 Å². The molecule has 0 fully saturated rings. The highest BCUT2D eigenvalue weighted by Gasteiger charge is 2.12. The lowest BCUT2D eigenvalue weighted by molar-refractivity contribution is 0.0527. The molecule has 0 unspecified atom stereocenters. The molecule has 0 aromatic carbocycles. The van der Waals surface area contributed by atoms with Crippen LogP contribution in [-0.4, -0.2) is 24.2 Å². The van der Waals surface area contributed by atoms with Gasteiger partial charge < -0.3 is 15.2 Å². The third-order valence-electron chi connectivity index (χ3n) is 2.65. The molecule has 1 heterocycles. The first-order valence-electron chi connectivity index (χ1n) is 6.74. The fourth-order valence-corrected chi connectivity index (χ4v) is 1.62. The molecule has 0 atom stereocenters. The summed E-state index contributed by atoms with van der Waals surface area (Å²) in [6, 6.07) is 1.53. The Morgan fingerprint density at radius 3 is 2.79 bits per heavy atom. The Hall–Kier alpha value is -1.78. The quantitative estimate of drug-likeness (QED) is 0.578. The summed E-state index contributed by atoms with van der Waals surface area (Å²) in [5.74, 6) is -0.0352. The van der Waals surface area contributed by atoms with Crippen molar-refractivity contribution in [3.8, 4) is 5.88 Å². The molecule has 5 nitrogen and oxygen atoms in total. The third-order valence-corrected chi connectivity index (χ3v) is 2.65. The van der Waals surface area contributed by atoms with E-state index in [1.165, 1.54) is 25.1 Å². The maximum absolute atomic E-state index is 11.6. The molecule has 19 heavy (non-hydrogen) atoms. The lowest BCUT2D eigenvalue weighted by atomic mass is 10.2. The number of hydrogen-bond acceptors (Lipinski definition) is 5. The standard InChI is InChI=1S/C14H22N2O3/c1-3-5-6-7-8-19-13-9-11(12(15)10-16-13)14(17)18-4-2/h9-10H,3-8,15H2,1-2H3. The van der Waals surface area contributed by atoms with Gasteiger partial charge in [-0.05, 0) is 13.3 Å². The fraction of sp³-hybridized carbons (Fsp3) is 0.571. The number of hydrogen-bond donors (Lipinski definition) is 1. The predicted octanol–water partition coefficient (Wildman–Crippen LogP) is 2.80. The molecule has 0 aliphatic heterocycles. The molecule has 2 N–H and O–H groups in total. The molecule has 0 saturated heterocycles. The topological polar surface area (TPSA) is 74.4 Å². The summed E-state index contributed by atoms with van der Waals surface area (Å²) in [7, 11) is 0. The number of carbonyl (C=O) groups is 1. The van der Waals surface area contributed by atoms with Gasteiger partial charge in [-0.3, -0.25) is 0 Å². The smallest absolute Gasteiger partial charge is 0.340 e. The summed E-state index contributed by atoms with van der Waals surface area (Å²) in [5, 5.41) is 0. The van der Waals surface area contributed by atoms with E-state index in [-0.39, 0.29) is 0 Å². The lowest BCUT2D eigenvalue weighted by Gasteiger charge is -2.08. The van der Waals surface area contributed by atoms with Crippen molar-refractivity contribution in [3.05, 3.63) is 17.8 Å². The van der Waals surface area contributed by atoms with Gasteiger partial charge in [-0.2, -0.15) is 0 Å². The third kappa shape index (κ3) is 5.16. The van der Waals surface area contributed by atoms with E-state index in [4.69, 9.17) is 15.2 Å². The second-order valence-electron chi connectivity index (χ2n) is 4.24. The average molecular weight is 266 g/mol. The zero-order valence-corrected chi connectivity index (χ0v) is 11.6. The highest BCUT2D eigenvalue weighted by atomic mass is 16.5. The Morgan fingerprint density at radius 1 is 1.32 bits per heavy atom. The maximum Gasteiger partial charge on any atom is 0.340 e.